The second-order valence-electron chi connectivity index (χ2n) is 10.4. The van der Waals surface area contributed by atoms with Gasteiger partial charge in [-0.25, -0.2) is 0 Å². The molecule has 3 aromatic carbocycles. The quantitative estimate of drug-likeness (QED) is 0.329. The summed E-state index contributed by atoms with van der Waals surface area (Å²) in [5, 5.41) is 0. The van der Waals surface area contributed by atoms with E-state index in [1.807, 2.05) is 24.3 Å². The first kappa shape index (κ1) is 26.0. The molecule has 0 saturated carbocycles. The molecular formula is C31H34F3NO. The summed E-state index contributed by atoms with van der Waals surface area (Å²) in [6, 6.07) is 22.0. The summed E-state index contributed by atoms with van der Waals surface area (Å²) in [4.78, 5) is 15.1. The van der Waals surface area contributed by atoms with Crippen LogP contribution >= 0.6 is 0 Å². The van der Waals surface area contributed by atoms with Crippen molar-refractivity contribution >= 4 is 11.5 Å². The molecule has 2 atom stereocenters. The Morgan fingerprint density at radius 1 is 0.972 bits per heavy atom. The summed E-state index contributed by atoms with van der Waals surface area (Å²) < 4.78 is 39.4. The molecule has 0 amide bonds. The van der Waals surface area contributed by atoms with E-state index in [0.717, 1.165) is 66.7 Å². The molecule has 0 aromatic heterocycles. The maximum atomic E-state index is 13.1. The van der Waals surface area contributed by atoms with Crippen LogP contribution in [0.15, 0.2) is 72.8 Å². The third-order valence-electron chi connectivity index (χ3n) is 7.14. The SMILES string of the molecule is CC(=O)C(CC(C)C)c1cc(-c2ccc(C(F)(F)F)cc2)cc(C2CCCN(c3ccccc3)C2)c1. The van der Waals surface area contributed by atoms with Crippen molar-refractivity contribution in [1.29, 1.82) is 0 Å². The molecule has 5 heteroatoms. The highest BCUT2D eigenvalue weighted by molar-refractivity contribution is 5.84. The van der Waals surface area contributed by atoms with E-state index < -0.39 is 11.7 Å². The fraction of sp³-hybridized carbons (Fsp3) is 0.387. The van der Waals surface area contributed by atoms with Crippen molar-refractivity contribution in [2.24, 2.45) is 5.92 Å². The molecule has 1 heterocycles. The zero-order valence-electron chi connectivity index (χ0n) is 21.2. The van der Waals surface area contributed by atoms with E-state index in [4.69, 9.17) is 0 Å². The predicted octanol–water partition coefficient (Wildman–Crippen LogP) is 8.48. The molecule has 1 fully saturated rings. The Kier molecular flexibility index (Phi) is 7.87. The Hall–Kier alpha value is -3.08. The minimum absolute atomic E-state index is 0.119. The van der Waals surface area contributed by atoms with E-state index in [1.165, 1.54) is 17.8 Å². The van der Waals surface area contributed by atoms with Crippen molar-refractivity contribution in [3.8, 4) is 11.1 Å². The number of carbonyl (C=O) groups is 1. The fourth-order valence-corrected chi connectivity index (χ4v) is 5.26. The molecule has 1 aliphatic heterocycles. The van der Waals surface area contributed by atoms with Crippen LogP contribution in [0.2, 0.25) is 0 Å². The number of rotatable bonds is 7. The van der Waals surface area contributed by atoms with Crippen molar-refractivity contribution in [3.05, 3.63) is 89.5 Å². The number of benzene rings is 3. The standard InChI is InChI=1S/C31H34F3NO/c1-21(2)16-30(22(3)36)27-18-25(23-11-13-28(14-12-23)31(32,33)34)17-26(19-27)24-8-7-15-35(20-24)29-9-5-4-6-10-29/h4-6,9-14,17-19,21,24,30H,7-8,15-16,20H2,1-3H3. The van der Waals surface area contributed by atoms with Gasteiger partial charge in [-0.05, 0) is 78.6 Å². The monoisotopic (exact) mass is 493 g/mol. The van der Waals surface area contributed by atoms with Crippen LogP contribution in [-0.2, 0) is 11.0 Å². The van der Waals surface area contributed by atoms with Gasteiger partial charge >= 0.3 is 6.18 Å². The van der Waals surface area contributed by atoms with Crippen LogP contribution in [0.4, 0.5) is 18.9 Å². The molecule has 0 radical (unpaired) electrons. The lowest BCUT2D eigenvalue weighted by atomic mass is 9.82. The molecule has 0 aliphatic carbocycles. The molecule has 0 bridgehead atoms. The lowest BCUT2D eigenvalue weighted by molar-refractivity contribution is -0.137. The van der Waals surface area contributed by atoms with Crippen molar-refractivity contribution in [2.75, 3.05) is 18.0 Å². The molecule has 0 spiro atoms. The number of halogens is 3. The van der Waals surface area contributed by atoms with Gasteiger partial charge in [0.2, 0.25) is 0 Å². The number of alkyl halides is 3. The summed E-state index contributed by atoms with van der Waals surface area (Å²) in [5.41, 5.74) is 4.24. The van der Waals surface area contributed by atoms with Gasteiger partial charge in [-0.3, -0.25) is 4.79 Å². The van der Waals surface area contributed by atoms with Crippen LogP contribution in [0.1, 0.15) is 68.6 Å². The number of anilines is 1. The second kappa shape index (κ2) is 10.9. The van der Waals surface area contributed by atoms with Crippen LogP contribution < -0.4 is 4.90 Å². The van der Waals surface area contributed by atoms with Crippen LogP contribution in [0, 0.1) is 5.92 Å². The Morgan fingerprint density at radius 2 is 1.67 bits per heavy atom. The number of piperidine rings is 1. The molecular weight excluding hydrogens is 459 g/mol. The third-order valence-corrected chi connectivity index (χ3v) is 7.14. The van der Waals surface area contributed by atoms with E-state index in [0.29, 0.717) is 5.92 Å². The smallest absolute Gasteiger partial charge is 0.371 e. The minimum Gasteiger partial charge on any atom is -0.371 e. The number of hydrogen-bond donors (Lipinski definition) is 0. The Balaban J connectivity index is 1.74. The highest BCUT2D eigenvalue weighted by Crippen LogP contribution is 2.37. The van der Waals surface area contributed by atoms with E-state index in [-0.39, 0.29) is 17.6 Å². The topological polar surface area (TPSA) is 20.3 Å². The number of ketones is 1. The largest absolute Gasteiger partial charge is 0.416 e. The van der Waals surface area contributed by atoms with E-state index in [1.54, 1.807) is 6.92 Å². The van der Waals surface area contributed by atoms with Crippen molar-refractivity contribution in [3.63, 3.8) is 0 Å². The molecule has 1 aliphatic rings. The second-order valence-corrected chi connectivity index (χ2v) is 10.4. The highest BCUT2D eigenvalue weighted by Gasteiger charge is 2.30. The Morgan fingerprint density at radius 3 is 2.28 bits per heavy atom. The van der Waals surface area contributed by atoms with Gasteiger partial charge < -0.3 is 4.90 Å². The van der Waals surface area contributed by atoms with Crippen LogP contribution in [0.3, 0.4) is 0 Å². The van der Waals surface area contributed by atoms with Crippen LogP contribution in [-0.4, -0.2) is 18.9 Å². The molecule has 4 rings (SSSR count). The zero-order chi connectivity index (χ0) is 25.9. The normalized spacial score (nSPS) is 17.3. The van der Waals surface area contributed by atoms with E-state index in [9.17, 15) is 18.0 Å². The highest BCUT2D eigenvalue weighted by atomic mass is 19.4. The molecule has 36 heavy (non-hydrogen) atoms. The van der Waals surface area contributed by atoms with Crippen molar-refractivity contribution in [2.45, 2.75) is 58.0 Å². The zero-order valence-corrected chi connectivity index (χ0v) is 21.2. The number of hydrogen-bond acceptors (Lipinski definition) is 2. The van der Waals surface area contributed by atoms with Gasteiger partial charge in [0.05, 0.1) is 5.56 Å². The summed E-state index contributed by atoms with van der Waals surface area (Å²) in [5.74, 6) is 0.514. The predicted molar refractivity (Wildman–Crippen MR) is 140 cm³/mol. The van der Waals surface area contributed by atoms with Gasteiger partial charge in [-0.15, -0.1) is 0 Å². The third kappa shape index (κ3) is 6.18. The lowest BCUT2D eigenvalue weighted by Gasteiger charge is -2.35. The van der Waals surface area contributed by atoms with E-state index >= 15 is 0 Å². The van der Waals surface area contributed by atoms with Crippen LogP contribution in [0.25, 0.3) is 11.1 Å². The van der Waals surface area contributed by atoms with Gasteiger partial charge in [0, 0.05) is 30.6 Å². The summed E-state index contributed by atoms with van der Waals surface area (Å²) in [6.07, 6.45) is -1.53. The maximum absolute atomic E-state index is 13.1. The number of nitrogens with zero attached hydrogens (tertiary/aromatic N) is 1. The van der Waals surface area contributed by atoms with Gasteiger partial charge in [0.25, 0.3) is 0 Å². The number of carbonyl (C=O) groups excluding carboxylic acids is 1. The van der Waals surface area contributed by atoms with E-state index in [2.05, 4.69) is 43.0 Å². The van der Waals surface area contributed by atoms with Crippen molar-refractivity contribution in [1.82, 2.24) is 0 Å². The summed E-state index contributed by atoms with van der Waals surface area (Å²) in [6.45, 7) is 7.71. The average Bonchev–Trinajstić information content (AvgIpc) is 2.87. The maximum Gasteiger partial charge on any atom is 0.416 e. The fourth-order valence-electron chi connectivity index (χ4n) is 5.26. The molecule has 0 N–H and O–H groups in total. The van der Waals surface area contributed by atoms with Gasteiger partial charge in [-0.2, -0.15) is 13.2 Å². The Bertz CT molecular complexity index is 1170. The first-order valence-corrected chi connectivity index (χ1v) is 12.7. The Labute approximate surface area is 212 Å². The van der Waals surface area contributed by atoms with Crippen LogP contribution in [0.5, 0.6) is 0 Å². The first-order chi connectivity index (χ1) is 17.1. The average molecular weight is 494 g/mol. The molecule has 2 unspecified atom stereocenters. The van der Waals surface area contributed by atoms with Gasteiger partial charge in [0.15, 0.2) is 0 Å². The minimum atomic E-state index is -4.37. The first-order valence-electron chi connectivity index (χ1n) is 12.7. The molecule has 2 nitrogen and oxygen atoms in total. The number of para-hydroxylation sites is 1. The van der Waals surface area contributed by atoms with Crippen molar-refractivity contribution < 1.29 is 18.0 Å². The van der Waals surface area contributed by atoms with Gasteiger partial charge in [0.1, 0.15) is 5.78 Å². The number of Topliss-reactive ketones (excluding diaryl/α,β-unsaturated/α-hetero) is 1. The molecule has 1 saturated heterocycles. The summed E-state index contributed by atoms with van der Waals surface area (Å²) >= 11 is 0. The molecule has 3 aromatic rings. The van der Waals surface area contributed by atoms with Gasteiger partial charge in [-0.1, -0.05) is 62.4 Å². The molecule has 190 valence electrons. The lowest BCUT2D eigenvalue weighted by Crippen LogP contribution is -2.34. The summed E-state index contributed by atoms with van der Waals surface area (Å²) in [7, 11) is 0.